The van der Waals surface area contributed by atoms with Gasteiger partial charge in [-0.25, -0.2) is 14.8 Å². The molecular formula is C24H29N5O2. The Balaban J connectivity index is 1.16. The van der Waals surface area contributed by atoms with E-state index in [1.54, 1.807) is 0 Å². The molecule has 7 heteroatoms. The van der Waals surface area contributed by atoms with Crippen LogP contribution < -0.4 is 4.90 Å². The fourth-order valence-electron chi connectivity index (χ4n) is 5.23. The number of hydrogen-bond donors (Lipinski definition) is 1. The smallest absolute Gasteiger partial charge is 0.338 e. The Labute approximate surface area is 182 Å². The second kappa shape index (κ2) is 8.30. The van der Waals surface area contributed by atoms with Gasteiger partial charge in [0, 0.05) is 62.7 Å². The lowest BCUT2D eigenvalue weighted by Gasteiger charge is -2.33. The number of benzene rings is 1. The number of likely N-dealkylation sites (tertiary alicyclic amines) is 1. The maximum atomic E-state index is 11.0. The Morgan fingerprint density at radius 3 is 2.58 bits per heavy atom. The summed E-state index contributed by atoms with van der Waals surface area (Å²) < 4.78 is 2.26. The first kappa shape index (κ1) is 20.0. The van der Waals surface area contributed by atoms with E-state index in [-0.39, 0.29) is 5.56 Å². The van der Waals surface area contributed by atoms with Crippen LogP contribution in [0.25, 0.3) is 10.9 Å². The van der Waals surface area contributed by atoms with Crippen LogP contribution in [-0.2, 0) is 7.05 Å². The molecule has 162 valence electrons. The highest BCUT2D eigenvalue weighted by molar-refractivity contribution is 5.86. The molecule has 0 bridgehead atoms. The molecule has 0 amide bonds. The van der Waals surface area contributed by atoms with Crippen molar-refractivity contribution in [2.45, 2.75) is 25.2 Å². The number of piperidine rings is 1. The van der Waals surface area contributed by atoms with Gasteiger partial charge in [-0.15, -0.1) is 0 Å². The van der Waals surface area contributed by atoms with E-state index in [0.29, 0.717) is 17.8 Å². The van der Waals surface area contributed by atoms with Crippen LogP contribution in [0.4, 0.5) is 5.95 Å². The number of aromatic carboxylic acids is 1. The Bertz CT molecular complexity index is 1070. The van der Waals surface area contributed by atoms with Crippen molar-refractivity contribution in [3.05, 3.63) is 54.0 Å². The number of anilines is 1. The number of aryl methyl sites for hydroxylation is 1. The van der Waals surface area contributed by atoms with Gasteiger partial charge in [0.2, 0.25) is 5.95 Å². The van der Waals surface area contributed by atoms with E-state index in [0.717, 1.165) is 39.0 Å². The topological polar surface area (TPSA) is 74.5 Å². The number of hydrogen-bond acceptors (Lipinski definition) is 5. The maximum absolute atomic E-state index is 11.0. The molecule has 2 aliphatic heterocycles. The zero-order chi connectivity index (χ0) is 21.4. The molecule has 5 rings (SSSR count). The molecule has 0 aliphatic carbocycles. The molecule has 2 aromatic heterocycles. The molecule has 3 aromatic rings. The molecule has 1 unspecified atom stereocenters. The third-order valence-electron chi connectivity index (χ3n) is 6.94. The van der Waals surface area contributed by atoms with E-state index in [1.807, 2.05) is 0 Å². The second-order valence-corrected chi connectivity index (χ2v) is 8.96. The minimum Gasteiger partial charge on any atom is -0.478 e. The first-order valence-corrected chi connectivity index (χ1v) is 11.1. The predicted molar refractivity (Wildman–Crippen MR) is 121 cm³/mol. The number of carboxylic acid groups (broad SMARTS) is 1. The van der Waals surface area contributed by atoms with Gasteiger partial charge in [0.1, 0.15) is 0 Å². The Morgan fingerprint density at radius 2 is 1.84 bits per heavy atom. The van der Waals surface area contributed by atoms with Gasteiger partial charge >= 0.3 is 5.97 Å². The van der Waals surface area contributed by atoms with E-state index in [1.165, 1.54) is 41.8 Å². The highest BCUT2D eigenvalue weighted by Crippen LogP contribution is 2.34. The van der Waals surface area contributed by atoms with Crippen molar-refractivity contribution in [2.75, 3.05) is 37.6 Å². The van der Waals surface area contributed by atoms with E-state index >= 15 is 0 Å². The minimum absolute atomic E-state index is 0.133. The molecule has 7 nitrogen and oxygen atoms in total. The normalized spacial score (nSPS) is 20.5. The highest BCUT2D eigenvalue weighted by Gasteiger charge is 2.29. The minimum atomic E-state index is -0.988. The van der Waals surface area contributed by atoms with Gasteiger partial charge < -0.3 is 19.5 Å². The molecule has 1 aromatic carbocycles. The van der Waals surface area contributed by atoms with Gasteiger partial charge in [-0.05, 0) is 49.3 Å². The Hall–Kier alpha value is -2.93. The van der Waals surface area contributed by atoms with Crippen molar-refractivity contribution in [3.63, 3.8) is 0 Å². The van der Waals surface area contributed by atoms with Crippen molar-refractivity contribution in [1.29, 1.82) is 0 Å². The average Bonchev–Trinajstić information content (AvgIpc) is 3.39. The van der Waals surface area contributed by atoms with Gasteiger partial charge in [0.15, 0.2) is 0 Å². The Kier molecular flexibility index (Phi) is 5.36. The zero-order valence-corrected chi connectivity index (χ0v) is 17.9. The molecule has 4 heterocycles. The van der Waals surface area contributed by atoms with Gasteiger partial charge in [-0.1, -0.05) is 18.2 Å². The van der Waals surface area contributed by atoms with Crippen molar-refractivity contribution in [3.8, 4) is 0 Å². The van der Waals surface area contributed by atoms with Crippen LogP contribution in [0.5, 0.6) is 0 Å². The number of nitrogens with zero attached hydrogens (tertiary/aromatic N) is 5. The van der Waals surface area contributed by atoms with Gasteiger partial charge in [0.05, 0.1) is 5.56 Å². The molecule has 0 saturated carbocycles. The summed E-state index contributed by atoms with van der Waals surface area (Å²) in [6.07, 6.45) is 8.60. The van der Waals surface area contributed by atoms with Crippen LogP contribution in [0.15, 0.2) is 42.9 Å². The lowest BCUT2D eigenvalue weighted by molar-refractivity contribution is 0.0696. The van der Waals surface area contributed by atoms with Crippen LogP contribution in [0, 0.1) is 5.92 Å². The van der Waals surface area contributed by atoms with Crippen LogP contribution in [0.2, 0.25) is 0 Å². The Morgan fingerprint density at radius 1 is 1.10 bits per heavy atom. The average molecular weight is 420 g/mol. The molecule has 31 heavy (non-hydrogen) atoms. The molecule has 0 radical (unpaired) electrons. The largest absolute Gasteiger partial charge is 0.478 e. The van der Waals surface area contributed by atoms with E-state index in [2.05, 4.69) is 61.8 Å². The summed E-state index contributed by atoms with van der Waals surface area (Å²) in [5.74, 6) is 0.964. The number of rotatable bonds is 5. The molecule has 1 atom stereocenters. The molecular weight excluding hydrogens is 390 g/mol. The molecule has 2 fully saturated rings. The predicted octanol–water partition coefficient (Wildman–Crippen LogP) is 3.37. The van der Waals surface area contributed by atoms with Gasteiger partial charge in [-0.2, -0.15) is 0 Å². The fraction of sp³-hybridized carbons (Fsp3) is 0.458. The molecule has 2 aliphatic rings. The van der Waals surface area contributed by atoms with Crippen LogP contribution in [0.1, 0.15) is 41.1 Å². The molecule has 0 spiro atoms. The lowest BCUT2D eigenvalue weighted by atomic mass is 9.96. The quantitative estimate of drug-likeness (QED) is 0.684. The zero-order valence-electron chi connectivity index (χ0n) is 17.9. The number of aromatic nitrogens is 3. The lowest BCUT2D eigenvalue weighted by Crippen LogP contribution is -2.39. The van der Waals surface area contributed by atoms with E-state index in [4.69, 9.17) is 5.11 Å². The third-order valence-corrected chi connectivity index (χ3v) is 6.94. The summed E-state index contributed by atoms with van der Waals surface area (Å²) >= 11 is 0. The summed E-state index contributed by atoms with van der Waals surface area (Å²) in [5, 5.41) is 10.4. The van der Waals surface area contributed by atoms with Crippen LogP contribution in [-0.4, -0.2) is 63.2 Å². The second-order valence-electron chi connectivity index (χ2n) is 8.96. The van der Waals surface area contributed by atoms with Crippen molar-refractivity contribution >= 4 is 22.8 Å². The maximum Gasteiger partial charge on any atom is 0.338 e. The first-order valence-electron chi connectivity index (χ1n) is 11.1. The van der Waals surface area contributed by atoms with E-state index in [9.17, 15) is 4.79 Å². The summed E-state index contributed by atoms with van der Waals surface area (Å²) in [6, 6.07) is 8.72. The van der Waals surface area contributed by atoms with E-state index < -0.39 is 5.97 Å². The van der Waals surface area contributed by atoms with Crippen molar-refractivity contribution < 1.29 is 9.90 Å². The molecule has 2 saturated heterocycles. The van der Waals surface area contributed by atoms with Gasteiger partial charge in [0.25, 0.3) is 0 Å². The summed E-state index contributed by atoms with van der Waals surface area (Å²) in [5.41, 5.74) is 2.95. The monoisotopic (exact) mass is 419 g/mol. The van der Waals surface area contributed by atoms with Crippen molar-refractivity contribution in [2.24, 2.45) is 13.0 Å². The summed E-state index contributed by atoms with van der Waals surface area (Å²) in [6.45, 7) is 5.34. The SMILES string of the molecule is Cn1cc(C2CCN(CC3CCN(c4ncc(C(=O)O)cn4)CC3)C2)c2ccccc21. The number of carboxylic acids is 1. The number of fused-ring (bicyclic) bond motifs is 1. The first-order chi connectivity index (χ1) is 15.1. The number of para-hydroxylation sites is 1. The number of carbonyl (C=O) groups is 1. The summed E-state index contributed by atoms with van der Waals surface area (Å²) in [7, 11) is 2.14. The van der Waals surface area contributed by atoms with Gasteiger partial charge in [-0.3, -0.25) is 0 Å². The fourth-order valence-corrected chi connectivity index (χ4v) is 5.23. The highest BCUT2D eigenvalue weighted by atomic mass is 16.4. The molecule has 1 N–H and O–H groups in total. The van der Waals surface area contributed by atoms with Crippen LogP contribution >= 0.6 is 0 Å². The van der Waals surface area contributed by atoms with Crippen LogP contribution in [0.3, 0.4) is 0 Å². The van der Waals surface area contributed by atoms with Crippen molar-refractivity contribution in [1.82, 2.24) is 19.4 Å². The standard InChI is InChI=1S/C24H29N5O2/c1-27-16-21(20-4-2-3-5-22(20)27)18-8-9-28(15-18)14-17-6-10-29(11-7-17)24-25-12-19(13-26-24)23(30)31/h2-5,12-13,16-18H,6-11,14-15H2,1H3,(H,30,31). The summed E-state index contributed by atoms with van der Waals surface area (Å²) in [4.78, 5) is 24.3. The third kappa shape index (κ3) is 4.02.